The lowest BCUT2D eigenvalue weighted by Gasteiger charge is -2.37. The van der Waals surface area contributed by atoms with Crippen LogP contribution in [-0.2, 0) is 4.65 Å². The number of rotatable bonds is 5. The molecule has 34 heavy (non-hydrogen) atoms. The van der Waals surface area contributed by atoms with Crippen molar-refractivity contribution in [2.75, 3.05) is 0 Å². The minimum atomic E-state index is -1.13. The van der Waals surface area contributed by atoms with E-state index in [1.807, 2.05) is 24.3 Å². The molecule has 0 spiro atoms. The van der Waals surface area contributed by atoms with Gasteiger partial charge in [-0.3, -0.25) is 0 Å². The second-order valence-corrected chi connectivity index (χ2v) is 9.30. The van der Waals surface area contributed by atoms with E-state index >= 15 is 0 Å². The summed E-state index contributed by atoms with van der Waals surface area (Å²) in [6.07, 6.45) is 0. The Morgan fingerprint density at radius 1 is 0.588 bits per heavy atom. The first kappa shape index (κ1) is 23.5. The van der Waals surface area contributed by atoms with E-state index in [2.05, 4.69) is 0 Å². The summed E-state index contributed by atoms with van der Waals surface area (Å²) in [7, 11) is 1.58. The Kier molecular flexibility index (Phi) is 5.54. The van der Waals surface area contributed by atoms with Crippen LogP contribution in [-0.4, -0.2) is 49.3 Å². The fourth-order valence-corrected chi connectivity index (χ4v) is 3.83. The molecule has 0 aliphatic carbocycles. The van der Waals surface area contributed by atoms with E-state index in [1.165, 1.54) is 0 Å². The Hall–Kier alpha value is -3.62. The summed E-state index contributed by atoms with van der Waals surface area (Å²) in [5, 5.41) is 64.7. The van der Waals surface area contributed by atoms with Crippen LogP contribution in [0.3, 0.4) is 0 Å². The maximum absolute atomic E-state index is 10.7. The first-order valence-electron chi connectivity index (χ1n) is 10.7. The molecule has 0 unspecified atom stereocenters. The molecule has 4 rings (SSSR count). The van der Waals surface area contributed by atoms with Gasteiger partial charge in [-0.2, -0.15) is 0 Å². The maximum atomic E-state index is 10.7. The van der Waals surface area contributed by atoms with Gasteiger partial charge < -0.3 is 35.3 Å². The summed E-state index contributed by atoms with van der Waals surface area (Å²) >= 11 is 0. The van der Waals surface area contributed by atoms with Crippen LogP contribution in [0.15, 0.2) is 48.5 Å². The van der Waals surface area contributed by atoms with Gasteiger partial charge in [-0.15, -0.1) is 0 Å². The van der Waals surface area contributed by atoms with E-state index in [1.54, 1.807) is 59.4 Å². The number of phenolic OH excluding ortho intramolecular Hbond substituents is 5. The van der Waals surface area contributed by atoms with Crippen molar-refractivity contribution in [2.24, 2.45) is 0 Å². The van der Waals surface area contributed by atoms with E-state index < -0.39 is 39.9 Å². The lowest BCUT2D eigenvalue weighted by Crippen LogP contribution is -2.49. The predicted molar refractivity (Wildman–Crippen MR) is 132 cm³/mol. The Bertz CT molecular complexity index is 1330. The molecule has 4 aromatic rings. The molecular weight excluding hydrogens is 435 g/mol. The number of aliphatic hydroxyl groups is 1. The van der Waals surface area contributed by atoms with Crippen LogP contribution >= 0.6 is 0 Å². The van der Waals surface area contributed by atoms with Gasteiger partial charge in [-0.05, 0) is 54.7 Å². The average Bonchev–Trinajstić information content (AvgIpc) is 2.79. The van der Waals surface area contributed by atoms with Gasteiger partial charge in [0.15, 0.2) is 11.5 Å². The number of benzene rings is 4. The molecular formula is C26H26BO7. The molecule has 8 heteroatoms. The molecule has 7 nitrogen and oxygen atoms in total. The molecule has 0 saturated carbocycles. The second kappa shape index (κ2) is 8.00. The zero-order valence-electron chi connectivity index (χ0n) is 19.3. The van der Waals surface area contributed by atoms with Gasteiger partial charge in [0.25, 0.3) is 0 Å². The van der Waals surface area contributed by atoms with Crippen molar-refractivity contribution in [3.63, 3.8) is 0 Å². The fraction of sp³-hybridized carbons (Fsp3) is 0.231. The molecule has 0 aliphatic rings. The first-order valence-corrected chi connectivity index (χ1v) is 10.7. The van der Waals surface area contributed by atoms with Crippen molar-refractivity contribution in [3.8, 4) is 39.9 Å². The van der Waals surface area contributed by atoms with Crippen molar-refractivity contribution in [2.45, 2.75) is 38.9 Å². The third kappa shape index (κ3) is 3.55. The first-order chi connectivity index (χ1) is 15.9. The summed E-state index contributed by atoms with van der Waals surface area (Å²) in [5.41, 5.74) is -1.21. The summed E-state index contributed by atoms with van der Waals surface area (Å²) in [6, 6.07) is 14.4. The van der Waals surface area contributed by atoms with Crippen LogP contribution in [0.25, 0.3) is 32.7 Å². The van der Waals surface area contributed by atoms with Gasteiger partial charge >= 0.3 is 7.48 Å². The topological polar surface area (TPSA) is 131 Å². The van der Waals surface area contributed by atoms with Crippen LogP contribution in [0.5, 0.6) is 28.7 Å². The summed E-state index contributed by atoms with van der Waals surface area (Å²) in [5.74, 6) is -4.42. The predicted octanol–water partition coefficient (Wildman–Crippen LogP) is 4.00. The summed E-state index contributed by atoms with van der Waals surface area (Å²) in [6.45, 7) is 6.88. The SMILES string of the molecule is CC(C)(O)C(C)(C)O[B]c1c2ccccc2c(-c2c(O)c(O)c(O)c(O)c2O)c2ccccc12. The molecule has 0 bridgehead atoms. The molecule has 6 N–H and O–H groups in total. The Morgan fingerprint density at radius 2 is 0.971 bits per heavy atom. The number of fused-ring (bicyclic) bond motifs is 2. The van der Waals surface area contributed by atoms with Crippen LogP contribution in [0.4, 0.5) is 0 Å². The van der Waals surface area contributed by atoms with Crippen molar-refractivity contribution in [1.29, 1.82) is 0 Å². The second-order valence-electron chi connectivity index (χ2n) is 9.30. The molecule has 0 amide bonds. The molecule has 1 radical (unpaired) electrons. The molecule has 175 valence electrons. The highest BCUT2D eigenvalue weighted by Crippen LogP contribution is 2.56. The van der Waals surface area contributed by atoms with Gasteiger partial charge in [0.05, 0.1) is 16.8 Å². The number of hydrogen-bond acceptors (Lipinski definition) is 7. The van der Waals surface area contributed by atoms with Gasteiger partial charge in [0.2, 0.25) is 17.2 Å². The van der Waals surface area contributed by atoms with E-state index in [9.17, 15) is 30.6 Å². The molecule has 4 aromatic carbocycles. The van der Waals surface area contributed by atoms with Gasteiger partial charge in [0, 0.05) is 5.56 Å². The monoisotopic (exact) mass is 461 g/mol. The molecule has 0 heterocycles. The minimum absolute atomic E-state index is 0.218. The van der Waals surface area contributed by atoms with Crippen molar-refractivity contribution in [1.82, 2.24) is 0 Å². The lowest BCUT2D eigenvalue weighted by atomic mass is 9.75. The number of aromatic hydroxyl groups is 5. The van der Waals surface area contributed by atoms with E-state index in [0.29, 0.717) is 32.6 Å². The van der Waals surface area contributed by atoms with Crippen molar-refractivity contribution in [3.05, 3.63) is 48.5 Å². The van der Waals surface area contributed by atoms with Crippen molar-refractivity contribution < 1.29 is 35.3 Å². The lowest BCUT2D eigenvalue weighted by molar-refractivity contribution is -0.0892. The highest BCUT2D eigenvalue weighted by atomic mass is 16.5. The maximum Gasteiger partial charge on any atom is 0.332 e. The molecule has 0 saturated heterocycles. The van der Waals surface area contributed by atoms with Gasteiger partial charge in [0.1, 0.15) is 0 Å². The van der Waals surface area contributed by atoms with Gasteiger partial charge in [-0.25, -0.2) is 0 Å². The average molecular weight is 461 g/mol. The molecule has 0 aromatic heterocycles. The van der Waals surface area contributed by atoms with Crippen LogP contribution in [0.2, 0.25) is 0 Å². The summed E-state index contributed by atoms with van der Waals surface area (Å²) in [4.78, 5) is 0. The molecule has 0 atom stereocenters. The fourth-order valence-electron chi connectivity index (χ4n) is 3.83. The van der Waals surface area contributed by atoms with E-state index in [-0.39, 0.29) is 5.56 Å². The third-order valence-corrected chi connectivity index (χ3v) is 6.54. The van der Waals surface area contributed by atoms with Gasteiger partial charge in [-0.1, -0.05) is 48.5 Å². The normalized spacial score (nSPS) is 12.4. The Morgan fingerprint density at radius 3 is 1.38 bits per heavy atom. The van der Waals surface area contributed by atoms with Crippen molar-refractivity contribution >= 4 is 34.5 Å². The number of hydrogen-bond donors (Lipinski definition) is 6. The standard InChI is InChI=1S/C26H26BO7/c1-25(2,33)26(3,4)34-27-19-15-11-7-5-9-13(15)17(14-10-6-8-12-16(14)19)18-20(28)22(30)24(32)23(31)21(18)29/h5-12,28-33H,1-4H3. The smallest absolute Gasteiger partial charge is 0.332 e. The zero-order chi connectivity index (χ0) is 25.0. The van der Waals surface area contributed by atoms with Crippen LogP contribution in [0.1, 0.15) is 27.7 Å². The largest absolute Gasteiger partial charge is 0.504 e. The summed E-state index contributed by atoms with van der Waals surface area (Å²) < 4.78 is 6.06. The van der Waals surface area contributed by atoms with Crippen LogP contribution in [0, 0.1) is 0 Å². The highest BCUT2D eigenvalue weighted by Gasteiger charge is 2.36. The quantitative estimate of drug-likeness (QED) is 0.115. The zero-order valence-corrected chi connectivity index (χ0v) is 19.3. The van der Waals surface area contributed by atoms with Crippen LogP contribution < -0.4 is 5.46 Å². The number of phenols is 5. The Labute approximate surface area is 197 Å². The molecule has 0 aliphatic heterocycles. The van der Waals surface area contributed by atoms with E-state index in [4.69, 9.17) is 4.65 Å². The third-order valence-electron chi connectivity index (χ3n) is 6.54. The molecule has 0 fully saturated rings. The Balaban J connectivity index is 2.08. The highest BCUT2D eigenvalue weighted by molar-refractivity contribution is 6.57. The van der Waals surface area contributed by atoms with E-state index in [0.717, 1.165) is 0 Å². The minimum Gasteiger partial charge on any atom is -0.504 e.